The first kappa shape index (κ1) is 12.6. The van der Waals surface area contributed by atoms with Crippen LogP contribution in [0, 0.1) is 17.8 Å². The molecule has 0 amide bonds. The highest BCUT2D eigenvalue weighted by molar-refractivity contribution is 4.92. The van der Waals surface area contributed by atoms with Crippen LogP contribution in [0.4, 0.5) is 0 Å². The molecule has 2 saturated carbocycles. The van der Waals surface area contributed by atoms with Crippen molar-refractivity contribution in [3.8, 4) is 0 Å². The fourth-order valence-electron chi connectivity index (χ4n) is 5.19. The minimum atomic E-state index is 0.838. The molecule has 108 valence electrons. The van der Waals surface area contributed by atoms with Gasteiger partial charge in [-0.15, -0.1) is 0 Å². The number of hydrogen-bond donors (Lipinski definition) is 1. The van der Waals surface area contributed by atoms with E-state index in [0.717, 1.165) is 23.8 Å². The second-order valence-corrected chi connectivity index (χ2v) is 7.42. The van der Waals surface area contributed by atoms with Gasteiger partial charge in [0.1, 0.15) is 0 Å². The maximum atomic E-state index is 3.50. The summed E-state index contributed by atoms with van der Waals surface area (Å²) in [7, 11) is 0. The first-order chi connectivity index (χ1) is 9.38. The van der Waals surface area contributed by atoms with Crippen molar-refractivity contribution in [1.82, 2.24) is 15.1 Å². The third kappa shape index (κ3) is 2.57. The molecule has 0 spiro atoms. The molecule has 4 unspecified atom stereocenters. The second kappa shape index (κ2) is 5.34. The molecule has 0 aromatic heterocycles. The number of hydrogen-bond acceptors (Lipinski definition) is 3. The third-order valence-corrected chi connectivity index (χ3v) is 6.33. The highest BCUT2D eigenvalue weighted by Crippen LogP contribution is 2.48. The predicted octanol–water partition coefficient (Wildman–Crippen LogP) is 1.40. The molecule has 2 saturated heterocycles. The van der Waals surface area contributed by atoms with E-state index in [0.29, 0.717) is 0 Å². The van der Waals surface area contributed by atoms with Crippen LogP contribution >= 0.6 is 0 Å². The molecule has 0 aromatic carbocycles. The first-order valence-corrected chi connectivity index (χ1v) is 8.55. The van der Waals surface area contributed by atoms with Crippen molar-refractivity contribution in [3.05, 3.63) is 0 Å². The molecule has 0 aromatic rings. The van der Waals surface area contributed by atoms with Crippen molar-refractivity contribution >= 4 is 0 Å². The van der Waals surface area contributed by atoms with Crippen LogP contribution in [-0.4, -0.2) is 61.7 Å². The number of piperazine rings is 1. The standard InChI is InChI=1S/C16H29N3/c1-2-14-9-13(1)10-15(14)12-18-5-7-19(8-6-18)16-3-4-17-11-16/h13-17H,1-12H2. The summed E-state index contributed by atoms with van der Waals surface area (Å²) >= 11 is 0. The van der Waals surface area contributed by atoms with E-state index in [2.05, 4.69) is 15.1 Å². The van der Waals surface area contributed by atoms with Crippen LogP contribution < -0.4 is 5.32 Å². The lowest BCUT2D eigenvalue weighted by molar-refractivity contribution is 0.0834. The number of nitrogens with zero attached hydrogens (tertiary/aromatic N) is 2. The maximum Gasteiger partial charge on any atom is 0.0233 e. The van der Waals surface area contributed by atoms with Gasteiger partial charge in [0.05, 0.1) is 0 Å². The lowest BCUT2D eigenvalue weighted by Gasteiger charge is -2.39. The Kier molecular flexibility index (Phi) is 3.55. The Labute approximate surface area is 117 Å². The fraction of sp³-hybridized carbons (Fsp3) is 1.00. The molecule has 4 rings (SSSR count). The average Bonchev–Trinajstić information content (AvgIpc) is 3.17. The topological polar surface area (TPSA) is 18.5 Å². The van der Waals surface area contributed by atoms with Crippen molar-refractivity contribution in [2.24, 2.45) is 17.8 Å². The summed E-state index contributed by atoms with van der Waals surface area (Å²) < 4.78 is 0. The zero-order valence-corrected chi connectivity index (χ0v) is 12.2. The molecule has 4 fully saturated rings. The molecule has 2 aliphatic heterocycles. The second-order valence-electron chi connectivity index (χ2n) is 7.42. The zero-order valence-electron chi connectivity index (χ0n) is 12.2. The Morgan fingerprint density at radius 3 is 2.47 bits per heavy atom. The van der Waals surface area contributed by atoms with E-state index in [9.17, 15) is 0 Å². The predicted molar refractivity (Wildman–Crippen MR) is 78.2 cm³/mol. The lowest BCUT2D eigenvalue weighted by atomic mass is 9.88. The molecule has 2 bridgehead atoms. The van der Waals surface area contributed by atoms with Gasteiger partial charge >= 0.3 is 0 Å². The Balaban J connectivity index is 1.24. The van der Waals surface area contributed by atoms with Gasteiger partial charge < -0.3 is 10.2 Å². The molecule has 4 atom stereocenters. The molecular formula is C16H29N3. The molecule has 0 radical (unpaired) electrons. The quantitative estimate of drug-likeness (QED) is 0.830. The third-order valence-electron chi connectivity index (χ3n) is 6.33. The van der Waals surface area contributed by atoms with E-state index in [-0.39, 0.29) is 0 Å². The van der Waals surface area contributed by atoms with E-state index < -0.39 is 0 Å². The summed E-state index contributed by atoms with van der Waals surface area (Å²) in [6, 6.07) is 0.838. The van der Waals surface area contributed by atoms with E-state index in [1.165, 1.54) is 52.2 Å². The lowest BCUT2D eigenvalue weighted by Crippen LogP contribution is -2.52. The van der Waals surface area contributed by atoms with E-state index in [4.69, 9.17) is 0 Å². The highest BCUT2D eigenvalue weighted by atomic mass is 15.3. The van der Waals surface area contributed by atoms with Crippen LogP contribution in [0.15, 0.2) is 0 Å². The van der Waals surface area contributed by atoms with Crippen LogP contribution in [0.3, 0.4) is 0 Å². The smallest absolute Gasteiger partial charge is 0.0233 e. The van der Waals surface area contributed by atoms with Crippen molar-refractivity contribution in [3.63, 3.8) is 0 Å². The van der Waals surface area contributed by atoms with Crippen LogP contribution in [-0.2, 0) is 0 Å². The minimum absolute atomic E-state index is 0.838. The van der Waals surface area contributed by atoms with Crippen molar-refractivity contribution in [1.29, 1.82) is 0 Å². The molecule has 19 heavy (non-hydrogen) atoms. The minimum Gasteiger partial charge on any atom is -0.315 e. The molecule has 3 heteroatoms. The summed E-state index contributed by atoms with van der Waals surface area (Å²) in [5, 5.41) is 3.50. The van der Waals surface area contributed by atoms with E-state index in [1.54, 1.807) is 25.7 Å². The van der Waals surface area contributed by atoms with E-state index in [1.807, 2.05) is 0 Å². The van der Waals surface area contributed by atoms with Gasteiger partial charge in [-0.2, -0.15) is 0 Å². The average molecular weight is 263 g/mol. The Morgan fingerprint density at radius 1 is 0.947 bits per heavy atom. The van der Waals surface area contributed by atoms with Crippen LogP contribution in [0.25, 0.3) is 0 Å². The normalized spacial score (nSPS) is 44.2. The Morgan fingerprint density at radius 2 is 1.84 bits per heavy atom. The Bertz CT molecular complexity index is 305. The summed E-state index contributed by atoms with van der Waals surface area (Å²) in [6.07, 6.45) is 7.58. The molecule has 1 N–H and O–H groups in total. The molecule has 2 aliphatic carbocycles. The SMILES string of the molecule is C1CC(N2CCN(CC3CC4CCC3C4)CC2)CN1. The largest absolute Gasteiger partial charge is 0.315 e. The summed E-state index contributed by atoms with van der Waals surface area (Å²) in [4.78, 5) is 5.50. The summed E-state index contributed by atoms with van der Waals surface area (Å²) in [6.45, 7) is 9.15. The molecule has 4 aliphatic rings. The van der Waals surface area contributed by atoms with Crippen molar-refractivity contribution in [2.75, 3.05) is 45.8 Å². The highest BCUT2D eigenvalue weighted by Gasteiger charge is 2.40. The number of fused-ring (bicyclic) bond motifs is 2. The zero-order chi connectivity index (χ0) is 12.7. The van der Waals surface area contributed by atoms with E-state index >= 15 is 0 Å². The van der Waals surface area contributed by atoms with Gasteiger partial charge in [-0.25, -0.2) is 0 Å². The van der Waals surface area contributed by atoms with Gasteiger partial charge in [-0.1, -0.05) is 6.42 Å². The first-order valence-electron chi connectivity index (χ1n) is 8.55. The molecular weight excluding hydrogens is 234 g/mol. The molecule has 3 nitrogen and oxygen atoms in total. The summed E-state index contributed by atoms with van der Waals surface area (Å²) in [5.41, 5.74) is 0. The van der Waals surface area contributed by atoms with Crippen LogP contribution in [0.1, 0.15) is 32.1 Å². The van der Waals surface area contributed by atoms with Gasteiger partial charge in [0.15, 0.2) is 0 Å². The van der Waals surface area contributed by atoms with Crippen LogP contribution in [0.2, 0.25) is 0 Å². The van der Waals surface area contributed by atoms with Crippen molar-refractivity contribution < 1.29 is 0 Å². The van der Waals surface area contributed by atoms with Crippen LogP contribution in [0.5, 0.6) is 0 Å². The maximum absolute atomic E-state index is 3.50. The number of rotatable bonds is 3. The van der Waals surface area contributed by atoms with Crippen molar-refractivity contribution in [2.45, 2.75) is 38.1 Å². The van der Waals surface area contributed by atoms with Gasteiger partial charge in [-0.3, -0.25) is 4.90 Å². The van der Waals surface area contributed by atoms with Gasteiger partial charge in [-0.05, 0) is 50.0 Å². The van der Waals surface area contributed by atoms with Gasteiger partial charge in [0.25, 0.3) is 0 Å². The molecule has 2 heterocycles. The number of nitrogens with one attached hydrogen (secondary N) is 1. The van der Waals surface area contributed by atoms with Gasteiger partial charge in [0.2, 0.25) is 0 Å². The monoisotopic (exact) mass is 263 g/mol. The fourth-order valence-corrected chi connectivity index (χ4v) is 5.19. The summed E-state index contributed by atoms with van der Waals surface area (Å²) in [5.74, 6) is 3.27. The Hall–Kier alpha value is -0.120. The van der Waals surface area contributed by atoms with Gasteiger partial charge in [0, 0.05) is 45.3 Å².